The number of aromatic nitrogens is 1. The fraction of sp³-hybridized carbons (Fsp3) is 0.400. The second-order valence-electron chi connectivity index (χ2n) is 4.33. The van der Waals surface area contributed by atoms with Gasteiger partial charge in [-0.15, -0.1) is 0 Å². The van der Waals surface area contributed by atoms with Gasteiger partial charge in [-0.1, -0.05) is 25.1 Å². The minimum Gasteiger partial charge on any atom is -0.393 e. The van der Waals surface area contributed by atoms with E-state index in [9.17, 15) is 5.11 Å². The largest absolute Gasteiger partial charge is 0.393 e. The zero-order valence-electron chi connectivity index (χ0n) is 10.7. The highest BCUT2D eigenvalue weighted by molar-refractivity contribution is 7.99. The molecule has 0 aliphatic carbocycles. The van der Waals surface area contributed by atoms with Crippen LogP contribution >= 0.6 is 11.8 Å². The van der Waals surface area contributed by atoms with Crippen molar-refractivity contribution in [2.24, 2.45) is 0 Å². The molecular formula is C15H19NOS. The molecule has 2 aromatic rings. The Morgan fingerprint density at radius 3 is 2.94 bits per heavy atom. The molecule has 3 heteroatoms. The fourth-order valence-corrected chi connectivity index (χ4v) is 2.78. The zero-order chi connectivity index (χ0) is 12.8. The van der Waals surface area contributed by atoms with Crippen molar-refractivity contribution in [1.29, 1.82) is 0 Å². The van der Waals surface area contributed by atoms with Gasteiger partial charge in [-0.3, -0.25) is 4.98 Å². The first-order valence-corrected chi connectivity index (χ1v) is 7.55. The van der Waals surface area contributed by atoms with E-state index in [2.05, 4.69) is 18.0 Å². The highest BCUT2D eigenvalue weighted by Gasteiger charge is 2.08. The van der Waals surface area contributed by atoms with Crippen molar-refractivity contribution >= 4 is 22.7 Å². The molecule has 0 fully saturated rings. The van der Waals surface area contributed by atoms with Gasteiger partial charge in [-0.2, -0.15) is 11.8 Å². The van der Waals surface area contributed by atoms with Crippen LogP contribution in [0.25, 0.3) is 10.9 Å². The monoisotopic (exact) mass is 261 g/mol. The first kappa shape index (κ1) is 13.4. The molecule has 0 aliphatic rings. The Morgan fingerprint density at radius 1 is 1.28 bits per heavy atom. The Morgan fingerprint density at radius 2 is 2.11 bits per heavy atom. The molecular weight excluding hydrogens is 242 g/mol. The van der Waals surface area contributed by atoms with Crippen molar-refractivity contribution < 1.29 is 5.11 Å². The van der Waals surface area contributed by atoms with Gasteiger partial charge in [0, 0.05) is 11.6 Å². The number of aliphatic hydroxyl groups is 1. The quantitative estimate of drug-likeness (QED) is 0.810. The topological polar surface area (TPSA) is 33.1 Å². The van der Waals surface area contributed by atoms with E-state index in [4.69, 9.17) is 0 Å². The number of pyridine rings is 1. The molecule has 1 heterocycles. The van der Waals surface area contributed by atoms with E-state index in [1.165, 1.54) is 5.56 Å². The van der Waals surface area contributed by atoms with Gasteiger partial charge in [-0.05, 0) is 42.0 Å². The molecule has 96 valence electrons. The standard InChI is InChI=1S/C15H19NOS/c1-2-18-10-8-13(17)11-12-7-9-16-15-6-4-3-5-14(12)15/h3-7,9,13,17H,2,8,10-11H2,1H3. The minimum atomic E-state index is -0.255. The Labute approximate surface area is 112 Å². The maximum absolute atomic E-state index is 10.1. The zero-order valence-corrected chi connectivity index (χ0v) is 11.5. The SMILES string of the molecule is CCSCCC(O)Cc1ccnc2ccccc12. The second-order valence-corrected chi connectivity index (χ2v) is 5.72. The lowest BCUT2D eigenvalue weighted by atomic mass is 10.0. The van der Waals surface area contributed by atoms with Gasteiger partial charge in [0.2, 0.25) is 0 Å². The molecule has 18 heavy (non-hydrogen) atoms. The molecule has 0 saturated carbocycles. The number of hydrogen-bond donors (Lipinski definition) is 1. The van der Waals surface area contributed by atoms with Crippen LogP contribution in [0.5, 0.6) is 0 Å². The van der Waals surface area contributed by atoms with Gasteiger partial charge in [-0.25, -0.2) is 0 Å². The van der Waals surface area contributed by atoms with E-state index in [0.29, 0.717) is 6.42 Å². The van der Waals surface area contributed by atoms with Crippen LogP contribution in [0.1, 0.15) is 18.9 Å². The number of benzene rings is 1. The molecule has 2 nitrogen and oxygen atoms in total. The predicted molar refractivity (Wildman–Crippen MR) is 79.1 cm³/mol. The number of aliphatic hydroxyl groups excluding tert-OH is 1. The summed E-state index contributed by atoms with van der Waals surface area (Å²) in [6, 6.07) is 10.1. The van der Waals surface area contributed by atoms with Crippen molar-refractivity contribution in [3.63, 3.8) is 0 Å². The van der Waals surface area contributed by atoms with Gasteiger partial charge < -0.3 is 5.11 Å². The summed E-state index contributed by atoms with van der Waals surface area (Å²) in [7, 11) is 0. The number of thioether (sulfide) groups is 1. The molecule has 0 radical (unpaired) electrons. The van der Waals surface area contributed by atoms with Crippen molar-refractivity contribution in [3.8, 4) is 0 Å². The number of fused-ring (bicyclic) bond motifs is 1. The van der Waals surface area contributed by atoms with E-state index in [-0.39, 0.29) is 6.10 Å². The van der Waals surface area contributed by atoms with Gasteiger partial charge in [0.25, 0.3) is 0 Å². The van der Waals surface area contributed by atoms with Crippen LogP contribution in [0.2, 0.25) is 0 Å². The number of nitrogens with zero attached hydrogens (tertiary/aromatic N) is 1. The van der Waals surface area contributed by atoms with Gasteiger partial charge in [0.1, 0.15) is 0 Å². The first-order chi connectivity index (χ1) is 8.81. The molecule has 1 N–H and O–H groups in total. The number of hydrogen-bond acceptors (Lipinski definition) is 3. The van der Waals surface area contributed by atoms with Crippen LogP contribution in [0.15, 0.2) is 36.5 Å². The Hall–Kier alpha value is -1.06. The second kappa shape index (κ2) is 6.76. The molecule has 2 rings (SSSR count). The third-order valence-electron chi connectivity index (χ3n) is 2.99. The maximum Gasteiger partial charge on any atom is 0.0704 e. The summed E-state index contributed by atoms with van der Waals surface area (Å²) >= 11 is 1.88. The predicted octanol–water partition coefficient (Wildman–Crippen LogP) is 3.28. The highest BCUT2D eigenvalue weighted by Crippen LogP contribution is 2.18. The first-order valence-electron chi connectivity index (χ1n) is 6.39. The maximum atomic E-state index is 10.1. The van der Waals surface area contributed by atoms with E-state index in [0.717, 1.165) is 28.8 Å². The third kappa shape index (κ3) is 3.47. The van der Waals surface area contributed by atoms with E-state index < -0.39 is 0 Å². The lowest BCUT2D eigenvalue weighted by molar-refractivity contribution is 0.172. The van der Waals surface area contributed by atoms with Crippen molar-refractivity contribution in [2.45, 2.75) is 25.9 Å². The molecule has 0 saturated heterocycles. The summed E-state index contributed by atoms with van der Waals surface area (Å²) in [4.78, 5) is 4.34. The number of rotatable bonds is 6. The minimum absolute atomic E-state index is 0.255. The molecule has 1 aromatic carbocycles. The van der Waals surface area contributed by atoms with Gasteiger partial charge in [0.15, 0.2) is 0 Å². The van der Waals surface area contributed by atoms with Crippen molar-refractivity contribution in [3.05, 3.63) is 42.1 Å². The highest BCUT2D eigenvalue weighted by atomic mass is 32.2. The normalized spacial score (nSPS) is 12.8. The van der Waals surface area contributed by atoms with Crippen molar-refractivity contribution in [2.75, 3.05) is 11.5 Å². The lowest BCUT2D eigenvalue weighted by Gasteiger charge is -2.11. The summed E-state index contributed by atoms with van der Waals surface area (Å²) in [5, 5.41) is 11.2. The fourth-order valence-electron chi connectivity index (χ4n) is 2.05. The van der Waals surface area contributed by atoms with Crippen LogP contribution < -0.4 is 0 Å². The molecule has 1 unspecified atom stereocenters. The molecule has 0 amide bonds. The van der Waals surface area contributed by atoms with Crippen molar-refractivity contribution in [1.82, 2.24) is 4.98 Å². The third-order valence-corrected chi connectivity index (χ3v) is 3.93. The molecule has 0 aliphatic heterocycles. The Balaban J connectivity index is 2.07. The lowest BCUT2D eigenvalue weighted by Crippen LogP contribution is -2.12. The van der Waals surface area contributed by atoms with Crippen LogP contribution in [0, 0.1) is 0 Å². The summed E-state index contributed by atoms with van der Waals surface area (Å²) in [6.07, 6.45) is 3.14. The average molecular weight is 261 g/mol. The summed E-state index contributed by atoms with van der Waals surface area (Å²) in [5.41, 5.74) is 2.19. The van der Waals surface area contributed by atoms with Crippen LogP contribution in [0.3, 0.4) is 0 Å². The van der Waals surface area contributed by atoms with E-state index in [1.807, 2.05) is 42.2 Å². The molecule has 0 bridgehead atoms. The van der Waals surface area contributed by atoms with E-state index >= 15 is 0 Å². The Kier molecular flexibility index (Phi) is 5.02. The summed E-state index contributed by atoms with van der Waals surface area (Å²) in [6.45, 7) is 2.15. The molecule has 1 aromatic heterocycles. The van der Waals surface area contributed by atoms with Crippen LogP contribution in [-0.2, 0) is 6.42 Å². The molecule has 0 spiro atoms. The van der Waals surface area contributed by atoms with Gasteiger partial charge in [0.05, 0.1) is 11.6 Å². The average Bonchev–Trinajstić information content (AvgIpc) is 2.39. The van der Waals surface area contributed by atoms with Gasteiger partial charge >= 0.3 is 0 Å². The van der Waals surface area contributed by atoms with Crippen LogP contribution in [0.4, 0.5) is 0 Å². The summed E-state index contributed by atoms with van der Waals surface area (Å²) < 4.78 is 0. The molecule has 1 atom stereocenters. The van der Waals surface area contributed by atoms with E-state index in [1.54, 1.807) is 0 Å². The smallest absolute Gasteiger partial charge is 0.0704 e. The summed E-state index contributed by atoms with van der Waals surface area (Å²) in [5.74, 6) is 2.14. The number of para-hydroxylation sites is 1. The van der Waals surface area contributed by atoms with Crippen LogP contribution in [-0.4, -0.2) is 27.7 Å². The Bertz CT molecular complexity index is 495.